The Morgan fingerprint density at radius 1 is 1.04 bits per heavy atom. The SMILES string of the molecule is CCC(=O)Oc1cccc(F)c1COc1cc(F)c(C)cc1C. The van der Waals surface area contributed by atoms with Gasteiger partial charge in [-0.1, -0.05) is 13.0 Å². The van der Waals surface area contributed by atoms with Crippen molar-refractivity contribution in [3.05, 3.63) is 58.7 Å². The minimum absolute atomic E-state index is 0.113. The Bertz CT molecular complexity index is 726. The minimum Gasteiger partial charge on any atom is -0.488 e. The van der Waals surface area contributed by atoms with Crippen LogP contribution in [0.4, 0.5) is 8.78 Å². The van der Waals surface area contributed by atoms with Crippen molar-refractivity contribution in [3.8, 4) is 11.5 Å². The smallest absolute Gasteiger partial charge is 0.310 e. The molecular formula is C18H18F2O3. The van der Waals surface area contributed by atoms with Gasteiger partial charge in [0.25, 0.3) is 0 Å². The van der Waals surface area contributed by atoms with Crippen LogP contribution in [0.1, 0.15) is 30.0 Å². The third kappa shape index (κ3) is 4.06. The van der Waals surface area contributed by atoms with Crippen LogP contribution in [0.3, 0.4) is 0 Å². The maximum Gasteiger partial charge on any atom is 0.310 e. The highest BCUT2D eigenvalue weighted by Crippen LogP contribution is 2.27. The Morgan fingerprint density at radius 3 is 2.48 bits per heavy atom. The van der Waals surface area contributed by atoms with Crippen LogP contribution in [0.5, 0.6) is 11.5 Å². The summed E-state index contributed by atoms with van der Waals surface area (Å²) >= 11 is 0. The summed E-state index contributed by atoms with van der Waals surface area (Å²) in [5.74, 6) is -0.964. The molecule has 0 heterocycles. The maximum atomic E-state index is 14.0. The molecule has 0 aliphatic carbocycles. The molecule has 0 aliphatic heterocycles. The molecule has 2 aromatic rings. The molecule has 3 nitrogen and oxygen atoms in total. The molecule has 2 aromatic carbocycles. The molecule has 0 radical (unpaired) electrons. The van der Waals surface area contributed by atoms with Crippen molar-refractivity contribution in [2.75, 3.05) is 0 Å². The van der Waals surface area contributed by atoms with Crippen molar-refractivity contribution in [1.29, 1.82) is 0 Å². The third-order valence-electron chi connectivity index (χ3n) is 3.42. The normalized spacial score (nSPS) is 10.5. The van der Waals surface area contributed by atoms with Gasteiger partial charge in [-0.15, -0.1) is 0 Å². The van der Waals surface area contributed by atoms with Crippen LogP contribution >= 0.6 is 0 Å². The van der Waals surface area contributed by atoms with Gasteiger partial charge in [-0.25, -0.2) is 8.78 Å². The number of benzene rings is 2. The van der Waals surface area contributed by atoms with Crippen LogP contribution in [0.25, 0.3) is 0 Å². The highest BCUT2D eigenvalue weighted by atomic mass is 19.1. The number of halogens is 2. The highest BCUT2D eigenvalue weighted by Gasteiger charge is 2.14. The second kappa shape index (κ2) is 7.22. The van der Waals surface area contributed by atoms with E-state index >= 15 is 0 Å². The van der Waals surface area contributed by atoms with Gasteiger partial charge in [0.05, 0.1) is 5.56 Å². The third-order valence-corrected chi connectivity index (χ3v) is 3.42. The van der Waals surface area contributed by atoms with Crippen molar-refractivity contribution in [2.24, 2.45) is 0 Å². The fourth-order valence-electron chi connectivity index (χ4n) is 2.08. The molecule has 0 aromatic heterocycles. The number of carbonyl (C=O) groups is 1. The summed E-state index contributed by atoms with van der Waals surface area (Å²) in [7, 11) is 0. The lowest BCUT2D eigenvalue weighted by atomic mass is 10.1. The van der Waals surface area contributed by atoms with Gasteiger partial charge >= 0.3 is 5.97 Å². The quantitative estimate of drug-likeness (QED) is 0.602. The lowest BCUT2D eigenvalue weighted by Crippen LogP contribution is -2.10. The van der Waals surface area contributed by atoms with E-state index in [4.69, 9.17) is 9.47 Å². The lowest BCUT2D eigenvalue weighted by Gasteiger charge is -2.14. The van der Waals surface area contributed by atoms with E-state index in [2.05, 4.69) is 0 Å². The molecule has 23 heavy (non-hydrogen) atoms. The molecule has 0 N–H and O–H groups in total. The Labute approximate surface area is 133 Å². The number of carbonyl (C=O) groups excluding carboxylic acids is 1. The molecule has 0 spiro atoms. The molecule has 5 heteroatoms. The largest absolute Gasteiger partial charge is 0.488 e. The second-order valence-electron chi connectivity index (χ2n) is 5.20. The van der Waals surface area contributed by atoms with E-state index in [0.717, 1.165) is 5.56 Å². The van der Waals surface area contributed by atoms with Crippen molar-refractivity contribution in [3.63, 3.8) is 0 Å². The van der Waals surface area contributed by atoms with Crippen LogP contribution in [0.2, 0.25) is 0 Å². The van der Waals surface area contributed by atoms with Crippen molar-refractivity contribution >= 4 is 5.97 Å². The molecule has 0 unspecified atom stereocenters. The van der Waals surface area contributed by atoms with E-state index in [-0.39, 0.29) is 24.3 Å². The van der Waals surface area contributed by atoms with Crippen molar-refractivity contribution in [1.82, 2.24) is 0 Å². The summed E-state index contributed by atoms with van der Waals surface area (Å²) in [4.78, 5) is 11.4. The van der Waals surface area contributed by atoms with Gasteiger partial charge in [0.1, 0.15) is 29.7 Å². The molecule has 0 saturated carbocycles. The summed E-state index contributed by atoms with van der Waals surface area (Å²) in [5.41, 5.74) is 1.38. The first-order valence-corrected chi connectivity index (χ1v) is 7.30. The van der Waals surface area contributed by atoms with E-state index in [1.54, 1.807) is 26.8 Å². The predicted molar refractivity (Wildman–Crippen MR) is 82.5 cm³/mol. The monoisotopic (exact) mass is 320 g/mol. The predicted octanol–water partition coefficient (Wildman–Crippen LogP) is 4.48. The zero-order valence-corrected chi connectivity index (χ0v) is 13.3. The van der Waals surface area contributed by atoms with Crippen LogP contribution in [-0.4, -0.2) is 5.97 Å². The number of esters is 1. The molecule has 0 aliphatic rings. The molecule has 0 amide bonds. The Balaban J connectivity index is 2.23. The Hall–Kier alpha value is -2.43. The Kier molecular flexibility index (Phi) is 5.32. The van der Waals surface area contributed by atoms with Crippen LogP contribution in [0.15, 0.2) is 30.3 Å². The van der Waals surface area contributed by atoms with E-state index in [0.29, 0.717) is 11.3 Å². The minimum atomic E-state index is -0.545. The molecule has 2 rings (SSSR count). The van der Waals surface area contributed by atoms with E-state index < -0.39 is 17.6 Å². The summed E-state index contributed by atoms with van der Waals surface area (Å²) in [6, 6.07) is 7.13. The summed E-state index contributed by atoms with van der Waals surface area (Å²) in [6.45, 7) is 4.92. The first kappa shape index (κ1) is 16.9. The van der Waals surface area contributed by atoms with Gasteiger partial charge in [0.15, 0.2) is 0 Å². The van der Waals surface area contributed by atoms with Crippen LogP contribution < -0.4 is 9.47 Å². The Morgan fingerprint density at radius 2 is 1.78 bits per heavy atom. The van der Waals surface area contributed by atoms with E-state index in [1.165, 1.54) is 24.3 Å². The van der Waals surface area contributed by atoms with Crippen molar-refractivity contribution in [2.45, 2.75) is 33.8 Å². The molecule has 0 fully saturated rings. The number of hydrogen-bond acceptors (Lipinski definition) is 3. The number of aryl methyl sites for hydroxylation is 2. The summed E-state index contributed by atoms with van der Waals surface area (Å²) in [6.07, 6.45) is 0.180. The van der Waals surface area contributed by atoms with E-state index in [9.17, 15) is 13.6 Å². The fourth-order valence-corrected chi connectivity index (χ4v) is 2.08. The molecule has 122 valence electrons. The zero-order valence-electron chi connectivity index (χ0n) is 13.3. The average molecular weight is 320 g/mol. The highest BCUT2D eigenvalue weighted by molar-refractivity contribution is 5.72. The standard InChI is InChI=1S/C18H18F2O3/c1-4-18(21)23-16-7-5-6-14(19)13(16)10-22-17-9-15(20)11(2)8-12(17)3/h5-9H,4,10H2,1-3H3. The van der Waals surface area contributed by atoms with Gasteiger partial charge in [-0.2, -0.15) is 0 Å². The zero-order chi connectivity index (χ0) is 17.0. The average Bonchev–Trinajstić information content (AvgIpc) is 2.51. The summed E-state index contributed by atoms with van der Waals surface area (Å²) < 4.78 is 38.3. The van der Waals surface area contributed by atoms with Gasteiger partial charge < -0.3 is 9.47 Å². The number of ether oxygens (including phenoxy) is 2. The first-order valence-electron chi connectivity index (χ1n) is 7.30. The topological polar surface area (TPSA) is 35.5 Å². The maximum absolute atomic E-state index is 14.0. The number of hydrogen-bond donors (Lipinski definition) is 0. The molecule has 0 bridgehead atoms. The first-order chi connectivity index (χ1) is 10.9. The van der Waals surface area contributed by atoms with Gasteiger partial charge in [0, 0.05) is 12.5 Å². The molecule has 0 atom stereocenters. The van der Waals surface area contributed by atoms with Crippen molar-refractivity contribution < 1.29 is 23.0 Å². The van der Waals surface area contributed by atoms with Gasteiger partial charge in [-0.05, 0) is 43.2 Å². The summed E-state index contributed by atoms with van der Waals surface area (Å²) in [5, 5.41) is 0. The van der Waals surface area contributed by atoms with E-state index in [1.807, 2.05) is 0 Å². The van der Waals surface area contributed by atoms with Crippen LogP contribution in [0, 0.1) is 25.5 Å². The number of rotatable bonds is 5. The molecule has 0 saturated heterocycles. The fraction of sp³-hybridized carbons (Fsp3) is 0.278. The van der Waals surface area contributed by atoms with Gasteiger partial charge in [-0.3, -0.25) is 4.79 Å². The molecular weight excluding hydrogens is 302 g/mol. The van der Waals surface area contributed by atoms with Crippen LogP contribution in [-0.2, 0) is 11.4 Å². The lowest BCUT2D eigenvalue weighted by molar-refractivity contribution is -0.134. The van der Waals surface area contributed by atoms with Gasteiger partial charge in [0.2, 0.25) is 0 Å². The second-order valence-corrected chi connectivity index (χ2v) is 5.20.